The average Bonchev–Trinajstić information content (AvgIpc) is 3.52. The van der Waals surface area contributed by atoms with Crippen molar-refractivity contribution in [3.05, 3.63) is 75.2 Å². The average molecular weight is 895 g/mol. The summed E-state index contributed by atoms with van der Waals surface area (Å²) >= 11 is 6.59. The smallest absolute Gasteiger partial charge is 0.293 e. The van der Waals surface area contributed by atoms with E-state index in [1.165, 1.54) is 7.05 Å². The van der Waals surface area contributed by atoms with Crippen molar-refractivity contribution < 1.29 is 33.4 Å². The Kier molecular flexibility index (Phi) is 12.0. The van der Waals surface area contributed by atoms with Crippen molar-refractivity contribution in [2.24, 2.45) is 0 Å². The Hall–Kier alpha value is -6.11. The van der Waals surface area contributed by atoms with Gasteiger partial charge >= 0.3 is 0 Å². The first-order valence-corrected chi connectivity index (χ1v) is 22.3. The van der Waals surface area contributed by atoms with E-state index in [9.17, 15) is 28.8 Å². The molecule has 4 aliphatic heterocycles. The summed E-state index contributed by atoms with van der Waals surface area (Å²) < 4.78 is 13.8. The molecule has 6 heterocycles. The number of nitrogens with zero attached hydrogens (tertiary/aromatic N) is 7. The second-order valence-electron chi connectivity index (χ2n) is 17.3. The Bertz CT molecular complexity index is 2580. The maximum absolute atomic E-state index is 13.4. The molecule has 19 heteroatoms. The minimum atomic E-state index is -0.983. The lowest BCUT2D eigenvalue weighted by Crippen LogP contribution is -2.56. The number of likely N-dealkylation sites (N-methyl/N-ethyl adjacent to an activating group) is 1. The lowest BCUT2D eigenvalue weighted by molar-refractivity contribution is -0.136. The van der Waals surface area contributed by atoms with Gasteiger partial charge in [-0.1, -0.05) is 11.6 Å². The Morgan fingerprint density at radius 2 is 1.64 bits per heavy atom. The quantitative estimate of drug-likeness (QED) is 0.174. The highest BCUT2D eigenvalue weighted by Gasteiger charge is 2.45. The first kappa shape index (κ1) is 43.2. The topological polar surface area (TPSA) is 201 Å². The Morgan fingerprint density at radius 1 is 0.891 bits per heavy atom. The third-order valence-electron chi connectivity index (χ3n) is 13.0. The van der Waals surface area contributed by atoms with E-state index in [0.717, 1.165) is 86.4 Å². The normalized spacial score (nSPS) is 21.9. The number of piperidine rings is 2. The lowest BCUT2D eigenvalue weighted by Gasteiger charge is -2.47. The molecule has 0 spiro atoms. The molecule has 1 saturated carbocycles. The van der Waals surface area contributed by atoms with Crippen molar-refractivity contribution in [3.63, 3.8) is 0 Å². The van der Waals surface area contributed by atoms with Gasteiger partial charge < -0.3 is 34.5 Å². The van der Waals surface area contributed by atoms with E-state index < -0.39 is 29.7 Å². The van der Waals surface area contributed by atoms with E-state index in [0.29, 0.717) is 34.1 Å². The van der Waals surface area contributed by atoms with Crippen LogP contribution in [0, 0.1) is 0 Å². The predicted molar refractivity (Wildman–Crippen MR) is 239 cm³/mol. The summed E-state index contributed by atoms with van der Waals surface area (Å²) in [5.41, 5.74) is 2.57. The summed E-state index contributed by atoms with van der Waals surface area (Å²) in [6, 6.07) is 11.9. The summed E-state index contributed by atoms with van der Waals surface area (Å²) in [7, 11) is 1.51. The molecule has 18 nitrogen and oxygen atoms in total. The molecule has 3 N–H and O–H groups in total. The summed E-state index contributed by atoms with van der Waals surface area (Å²) in [6.45, 7) is 8.35. The van der Waals surface area contributed by atoms with Crippen LogP contribution in [0.1, 0.15) is 79.1 Å². The van der Waals surface area contributed by atoms with Crippen LogP contribution in [0.2, 0.25) is 5.02 Å². The van der Waals surface area contributed by atoms with Gasteiger partial charge in [-0.05, 0) is 88.4 Å². The zero-order chi connectivity index (χ0) is 44.8. The number of aromatic nitrogens is 3. The Labute approximate surface area is 374 Å². The molecule has 4 fully saturated rings. The summed E-state index contributed by atoms with van der Waals surface area (Å²) in [4.78, 5) is 92.9. The van der Waals surface area contributed by atoms with Gasteiger partial charge in [-0.25, -0.2) is 4.98 Å². The largest absolute Gasteiger partial charge is 0.478 e. The van der Waals surface area contributed by atoms with E-state index in [1.807, 2.05) is 38.1 Å². The number of imide groups is 2. The molecule has 5 aliphatic rings. The molecule has 5 amide bonds. The molecule has 1 aliphatic carbocycles. The molecular formula is C45H51ClN10O8. The second kappa shape index (κ2) is 17.8. The van der Waals surface area contributed by atoms with Crippen LogP contribution in [0.3, 0.4) is 0 Å². The first-order chi connectivity index (χ1) is 30.8. The molecule has 1 atom stereocenters. The van der Waals surface area contributed by atoms with Crippen LogP contribution in [-0.4, -0.2) is 131 Å². The summed E-state index contributed by atoms with van der Waals surface area (Å²) in [6.07, 6.45) is 5.83. The zero-order valence-corrected chi connectivity index (χ0v) is 36.7. The lowest BCUT2D eigenvalue weighted by atomic mass is 9.87. The molecule has 0 bridgehead atoms. The maximum atomic E-state index is 13.4. The second-order valence-corrected chi connectivity index (χ2v) is 17.7. The van der Waals surface area contributed by atoms with Gasteiger partial charge in [0.15, 0.2) is 18.2 Å². The fourth-order valence-corrected chi connectivity index (χ4v) is 9.51. The van der Waals surface area contributed by atoms with Gasteiger partial charge in [0, 0.05) is 81.6 Å². The standard InChI is InChI=1S/C45H51ClN10O8/c1-25(2)55-35-7-4-27(18-26(35)19-37(44(55)62)63-24-39(58)47-3)49-40-34(46)23-48-45(51-40)54-12-10-30(11-13-54)64-31-20-29(21-31)53-16-14-52(15-17-53)28-5-6-32-33(22-28)43(61)56(42(32)60)36-8-9-38(57)50-41(36)59/h4-7,18-19,22-23,25,29-31,36H,8-17,20-21,24H2,1-3H3,(H,47,58)(H,48,49,51)(H,50,57,59). The molecule has 2 aromatic heterocycles. The summed E-state index contributed by atoms with van der Waals surface area (Å²) in [5.74, 6) is -1.23. The number of halogens is 1. The van der Waals surface area contributed by atoms with Crippen LogP contribution in [0.15, 0.2) is 53.5 Å². The van der Waals surface area contributed by atoms with Crippen LogP contribution in [0.25, 0.3) is 10.9 Å². The molecular weight excluding hydrogens is 844 g/mol. The van der Waals surface area contributed by atoms with Crippen LogP contribution in [0.4, 0.5) is 23.1 Å². The van der Waals surface area contributed by atoms with E-state index in [1.54, 1.807) is 29.0 Å². The highest BCUT2D eigenvalue weighted by atomic mass is 35.5. The van der Waals surface area contributed by atoms with E-state index >= 15 is 0 Å². The Balaban J connectivity index is 0.745. The minimum absolute atomic E-state index is 0.0837. The SMILES string of the molecule is CNC(=O)COc1cc2cc(Nc3nc(N4CCC(OC5CC(N6CCN(c7ccc8c(c7)C(=O)N(C7CCC(=O)NC7=O)C8=O)CC6)C5)CC4)ncc3Cl)ccc2n(C(C)C)c1=O. The number of hydrogen-bond donors (Lipinski definition) is 3. The predicted octanol–water partition coefficient (Wildman–Crippen LogP) is 3.63. The van der Waals surface area contributed by atoms with Gasteiger partial charge in [0.1, 0.15) is 11.1 Å². The van der Waals surface area contributed by atoms with Crippen molar-refractivity contribution >= 4 is 75.2 Å². The van der Waals surface area contributed by atoms with Gasteiger partial charge in [0.05, 0.1) is 35.0 Å². The van der Waals surface area contributed by atoms with Crippen molar-refractivity contribution in [1.82, 2.24) is 35.0 Å². The highest BCUT2D eigenvalue weighted by molar-refractivity contribution is 6.33. The Morgan fingerprint density at radius 3 is 2.36 bits per heavy atom. The van der Waals surface area contributed by atoms with E-state index in [-0.39, 0.29) is 60.5 Å². The fourth-order valence-electron chi connectivity index (χ4n) is 9.38. The van der Waals surface area contributed by atoms with E-state index in [4.69, 9.17) is 26.1 Å². The van der Waals surface area contributed by atoms with Gasteiger partial charge in [-0.2, -0.15) is 4.98 Å². The van der Waals surface area contributed by atoms with Crippen molar-refractivity contribution in [1.29, 1.82) is 0 Å². The van der Waals surface area contributed by atoms with Crippen LogP contribution < -0.4 is 36.0 Å². The molecule has 2 aromatic carbocycles. The van der Waals surface area contributed by atoms with Crippen molar-refractivity contribution in [2.75, 3.05) is 68.0 Å². The third-order valence-corrected chi connectivity index (χ3v) is 13.2. The van der Waals surface area contributed by atoms with Gasteiger partial charge in [0.25, 0.3) is 23.3 Å². The zero-order valence-electron chi connectivity index (χ0n) is 36.0. The number of fused-ring (bicyclic) bond motifs is 2. The molecule has 0 radical (unpaired) electrons. The van der Waals surface area contributed by atoms with Crippen LogP contribution in [-0.2, 0) is 19.1 Å². The van der Waals surface area contributed by atoms with Crippen molar-refractivity contribution in [3.8, 4) is 5.75 Å². The maximum Gasteiger partial charge on any atom is 0.293 e. The monoisotopic (exact) mass is 894 g/mol. The number of benzene rings is 2. The number of ether oxygens (including phenoxy) is 2. The van der Waals surface area contributed by atoms with Gasteiger partial charge in [-0.15, -0.1) is 0 Å². The molecule has 4 aromatic rings. The molecule has 1 unspecified atom stereocenters. The summed E-state index contributed by atoms with van der Waals surface area (Å²) in [5, 5.41) is 9.18. The number of carbonyl (C=O) groups excluding carboxylic acids is 5. The number of pyridine rings is 1. The molecule has 64 heavy (non-hydrogen) atoms. The number of rotatable bonds is 12. The highest BCUT2D eigenvalue weighted by Crippen LogP contribution is 2.35. The third kappa shape index (κ3) is 8.48. The number of nitrogens with one attached hydrogen (secondary N) is 3. The number of anilines is 4. The van der Waals surface area contributed by atoms with Crippen molar-refractivity contribution in [2.45, 2.75) is 82.7 Å². The number of piperazine rings is 1. The van der Waals surface area contributed by atoms with Crippen LogP contribution >= 0.6 is 11.6 Å². The molecule has 336 valence electrons. The molecule has 9 rings (SSSR count). The minimum Gasteiger partial charge on any atom is -0.478 e. The van der Waals surface area contributed by atoms with Gasteiger partial charge in [-0.3, -0.25) is 43.9 Å². The number of amides is 5. The van der Waals surface area contributed by atoms with Gasteiger partial charge in [0.2, 0.25) is 17.8 Å². The van der Waals surface area contributed by atoms with Crippen LogP contribution in [0.5, 0.6) is 5.75 Å². The number of hydrogen-bond acceptors (Lipinski definition) is 14. The number of carbonyl (C=O) groups is 5. The molecule has 3 saturated heterocycles. The fraction of sp³-hybridized carbons (Fsp3) is 0.467. The first-order valence-electron chi connectivity index (χ1n) is 21.9. The van der Waals surface area contributed by atoms with E-state index in [2.05, 4.69) is 35.6 Å².